The van der Waals surface area contributed by atoms with Crippen LogP contribution in [0.4, 0.5) is 4.79 Å². The van der Waals surface area contributed by atoms with E-state index in [9.17, 15) is 14.4 Å². The van der Waals surface area contributed by atoms with Gasteiger partial charge in [0.2, 0.25) is 5.82 Å². The predicted molar refractivity (Wildman–Crippen MR) is 96.0 cm³/mol. The van der Waals surface area contributed by atoms with E-state index in [1.54, 1.807) is 24.3 Å². The summed E-state index contributed by atoms with van der Waals surface area (Å²) in [4.78, 5) is 41.7. The van der Waals surface area contributed by atoms with Crippen LogP contribution >= 0.6 is 11.6 Å². The van der Waals surface area contributed by atoms with Crippen molar-refractivity contribution in [2.45, 2.75) is 37.8 Å². The number of ether oxygens (including phenoxy) is 1. The number of esters is 1. The van der Waals surface area contributed by atoms with Crippen LogP contribution in [0.25, 0.3) is 11.4 Å². The highest BCUT2D eigenvalue weighted by Gasteiger charge is 2.52. The Bertz CT molecular complexity index is 920. The second-order valence-electron chi connectivity index (χ2n) is 6.79. The van der Waals surface area contributed by atoms with Gasteiger partial charge in [-0.2, -0.15) is 4.98 Å². The van der Waals surface area contributed by atoms with Crippen molar-refractivity contribution in [1.29, 1.82) is 0 Å². The lowest BCUT2D eigenvalue weighted by Crippen LogP contribution is -2.44. The first-order valence-corrected chi connectivity index (χ1v) is 9.23. The predicted octanol–water partition coefficient (Wildman–Crippen LogP) is 2.30. The molecule has 1 aliphatic carbocycles. The topological polar surface area (TPSA) is 115 Å². The van der Waals surface area contributed by atoms with Crippen LogP contribution in [0.3, 0.4) is 0 Å². The van der Waals surface area contributed by atoms with E-state index < -0.39 is 24.1 Å². The standard InChI is InChI=1S/C18H17ClN4O5/c19-12-5-3-11(4-6-12)15-20-13(28-22-15)10-27-14(24)9-23-16(25)18(21-17(23)26)7-1-2-8-18/h3-6H,1-2,7-10H2,(H,21,26). The van der Waals surface area contributed by atoms with Gasteiger partial charge in [0, 0.05) is 10.6 Å². The molecule has 1 saturated heterocycles. The Morgan fingerprint density at radius 1 is 1.25 bits per heavy atom. The minimum atomic E-state index is -0.850. The van der Waals surface area contributed by atoms with Crippen molar-refractivity contribution in [1.82, 2.24) is 20.4 Å². The van der Waals surface area contributed by atoms with Gasteiger partial charge in [-0.15, -0.1) is 0 Å². The van der Waals surface area contributed by atoms with Gasteiger partial charge in [-0.3, -0.25) is 14.5 Å². The summed E-state index contributed by atoms with van der Waals surface area (Å²) in [5, 5.41) is 7.12. The second kappa shape index (κ2) is 7.23. The Hall–Kier alpha value is -2.94. The molecule has 1 saturated carbocycles. The molecule has 10 heteroatoms. The van der Waals surface area contributed by atoms with Gasteiger partial charge in [-0.05, 0) is 37.1 Å². The average molecular weight is 405 g/mol. The van der Waals surface area contributed by atoms with Crippen LogP contribution in [0.15, 0.2) is 28.8 Å². The van der Waals surface area contributed by atoms with E-state index in [1.807, 2.05) is 0 Å². The molecule has 0 unspecified atom stereocenters. The number of urea groups is 1. The quantitative estimate of drug-likeness (QED) is 0.600. The van der Waals surface area contributed by atoms with E-state index in [1.165, 1.54) is 0 Å². The molecule has 1 N–H and O–H groups in total. The fraction of sp³-hybridized carbons (Fsp3) is 0.389. The van der Waals surface area contributed by atoms with Crippen LogP contribution in [0.1, 0.15) is 31.6 Å². The van der Waals surface area contributed by atoms with Crippen LogP contribution in [-0.2, 0) is 20.9 Å². The summed E-state index contributed by atoms with van der Waals surface area (Å²) in [6, 6.07) is 6.30. The van der Waals surface area contributed by atoms with Crippen LogP contribution in [0.5, 0.6) is 0 Å². The first kappa shape index (κ1) is 18.4. The molecule has 1 aliphatic heterocycles. The molecular formula is C18H17ClN4O5. The molecule has 3 amide bonds. The number of carbonyl (C=O) groups excluding carboxylic acids is 3. The summed E-state index contributed by atoms with van der Waals surface area (Å²) in [6.45, 7) is -0.710. The Morgan fingerprint density at radius 3 is 2.68 bits per heavy atom. The van der Waals surface area contributed by atoms with Gasteiger partial charge in [0.1, 0.15) is 12.1 Å². The first-order valence-electron chi connectivity index (χ1n) is 8.85. The van der Waals surface area contributed by atoms with Crippen LogP contribution in [-0.4, -0.2) is 45.0 Å². The fourth-order valence-corrected chi connectivity index (χ4v) is 3.61. The van der Waals surface area contributed by atoms with Crippen molar-refractivity contribution in [3.8, 4) is 11.4 Å². The summed E-state index contributed by atoms with van der Waals surface area (Å²) < 4.78 is 10.1. The highest BCUT2D eigenvalue weighted by atomic mass is 35.5. The number of amides is 3. The molecule has 0 atom stereocenters. The van der Waals surface area contributed by atoms with Gasteiger partial charge in [-0.25, -0.2) is 4.79 Å². The van der Waals surface area contributed by atoms with Crippen molar-refractivity contribution in [3.63, 3.8) is 0 Å². The molecular weight excluding hydrogens is 388 g/mol. The van der Waals surface area contributed by atoms with E-state index in [4.69, 9.17) is 20.9 Å². The number of benzene rings is 1. The second-order valence-corrected chi connectivity index (χ2v) is 7.23. The third kappa shape index (κ3) is 3.45. The SMILES string of the molecule is O=C(CN1C(=O)NC2(CCCC2)C1=O)OCc1nc(-c2ccc(Cl)cc2)no1. The monoisotopic (exact) mass is 404 g/mol. The number of carbonyl (C=O) groups is 3. The third-order valence-electron chi connectivity index (χ3n) is 4.92. The van der Waals surface area contributed by atoms with Crippen molar-refractivity contribution in [2.24, 2.45) is 0 Å². The Morgan fingerprint density at radius 2 is 1.96 bits per heavy atom. The number of hydrogen-bond acceptors (Lipinski definition) is 7. The van der Waals surface area contributed by atoms with E-state index in [0.29, 0.717) is 29.3 Å². The smallest absolute Gasteiger partial charge is 0.326 e. The Kier molecular flexibility index (Phi) is 4.76. The number of imide groups is 1. The van der Waals surface area contributed by atoms with Gasteiger partial charge in [0.05, 0.1) is 0 Å². The molecule has 1 aromatic carbocycles. The van der Waals surface area contributed by atoms with E-state index in [0.717, 1.165) is 17.7 Å². The van der Waals surface area contributed by atoms with Crippen molar-refractivity contribution >= 4 is 29.5 Å². The molecule has 2 fully saturated rings. The zero-order valence-corrected chi connectivity index (χ0v) is 15.6. The summed E-state index contributed by atoms with van der Waals surface area (Å²) in [5.74, 6) is -0.665. The van der Waals surface area contributed by atoms with Gasteiger partial charge >= 0.3 is 12.0 Å². The minimum Gasteiger partial charge on any atom is -0.454 e. The molecule has 146 valence electrons. The van der Waals surface area contributed by atoms with Crippen LogP contribution < -0.4 is 5.32 Å². The lowest BCUT2D eigenvalue weighted by Gasteiger charge is -2.19. The molecule has 2 aliphatic rings. The number of nitrogens with zero attached hydrogens (tertiary/aromatic N) is 3. The van der Waals surface area contributed by atoms with Gasteiger partial charge < -0.3 is 14.6 Å². The first-order chi connectivity index (χ1) is 13.5. The molecule has 2 aromatic rings. The maximum Gasteiger partial charge on any atom is 0.326 e. The molecule has 4 rings (SSSR count). The van der Waals surface area contributed by atoms with E-state index >= 15 is 0 Å². The summed E-state index contributed by atoms with van der Waals surface area (Å²) >= 11 is 5.84. The zero-order valence-electron chi connectivity index (χ0n) is 14.8. The molecule has 0 bridgehead atoms. The van der Waals surface area contributed by atoms with Crippen molar-refractivity contribution in [3.05, 3.63) is 35.2 Å². The molecule has 0 radical (unpaired) electrons. The summed E-state index contributed by atoms with van der Waals surface area (Å²) in [6.07, 6.45) is 2.94. The summed E-state index contributed by atoms with van der Waals surface area (Å²) in [7, 11) is 0. The molecule has 1 spiro atoms. The number of rotatable bonds is 5. The third-order valence-corrected chi connectivity index (χ3v) is 5.17. The lowest BCUT2D eigenvalue weighted by molar-refractivity contribution is -0.149. The number of hydrogen-bond donors (Lipinski definition) is 1. The molecule has 9 nitrogen and oxygen atoms in total. The molecule has 28 heavy (non-hydrogen) atoms. The maximum atomic E-state index is 12.5. The minimum absolute atomic E-state index is 0.0998. The lowest BCUT2D eigenvalue weighted by atomic mass is 9.98. The number of nitrogens with one attached hydrogen (secondary N) is 1. The fourth-order valence-electron chi connectivity index (χ4n) is 3.48. The van der Waals surface area contributed by atoms with E-state index in [2.05, 4.69) is 15.5 Å². The molecule has 2 heterocycles. The average Bonchev–Trinajstić information content (AvgIpc) is 3.39. The van der Waals surface area contributed by atoms with Crippen LogP contribution in [0, 0.1) is 0 Å². The Labute approximate surface area is 165 Å². The van der Waals surface area contributed by atoms with Gasteiger partial charge in [0.15, 0.2) is 6.61 Å². The highest BCUT2D eigenvalue weighted by Crippen LogP contribution is 2.34. The van der Waals surface area contributed by atoms with Crippen molar-refractivity contribution in [2.75, 3.05) is 6.54 Å². The van der Waals surface area contributed by atoms with Crippen LogP contribution in [0.2, 0.25) is 5.02 Å². The number of halogens is 1. The van der Waals surface area contributed by atoms with Crippen molar-refractivity contribution < 1.29 is 23.6 Å². The normalized spacial score (nSPS) is 18.0. The Balaban J connectivity index is 1.33. The van der Waals surface area contributed by atoms with E-state index in [-0.39, 0.29) is 18.4 Å². The largest absolute Gasteiger partial charge is 0.454 e. The number of aromatic nitrogens is 2. The highest BCUT2D eigenvalue weighted by molar-refractivity contribution is 6.30. The molecule has 1 aromatic heterocycles. The maximum absolute atomic E-state index is 12.5. The zero-order chi connectivity index (χ0) is 19.7. The van der Waals surface area contributed by atoms with Gasteiger partial charge in [0.25, 0.3) is 11.8 Å². The van der Waals surface area contributed by atoms with Gasteiger partial charge in [-0.1, -0.05) is 29.6 Å². The summed E-state index contributed by atoms with van der Waals surface area (Å²) in [5.41, 5.74) is -0.149.